The molecule has 94 valence electrons. The molecule has 0 aliphatic carbocycles. The van der Waals surface area contributed by atoms with Gasteiger partial charge in [0.25, 0.3) is 0 Å². The van der Waals surface area contributed by atoms with Crippen LogP contribution < -0.4 is 0 Å². The van der Waals surface area contributed by atoms with Crippen LogP contribution in [-0.2, 0) is 16.5 Å². The summed E-state index contributed by atoms with van der Waals surface area (Å²) in [5.41, 5.74) is 1.94. The average molecular weight is 284 g/mol. The van der Waals surface area contributed by atoms with Crippen LogP contribution in [0.2, 0.25) is 5.02 Å². The zero-order valence-corrected chi connectivity index (χ0v) is 10.9. The van der Waals surface area contributed by atoms with Crippen molar-refractivity contribution in [3.8, 4) is 17.0 Å². The molecule has 0 fully saturated rings. The molecule has 6 heteroatoms. The number of pyridine rings is 1. The number of hydrogen-bond acceptors (Lipinski definition) is 4. The third-order valence-corrected chi connectivity index (χ3v) is 3.24. The number of halogens is 1. The fourth-order valence-corrected chi connectivity index (χ4v) is 2.25. The third-order valence-electron chi connectivity index (χ3n) is 2.41. The lowest BCUT2D eigenvalue weighted by atomic mass is 10.1. The predicted molar refractivity (Wildman–Crippen MR) is 70.4 cm³/mol. The van der Waals surface area contributed by atoms with Crippen molar-refractivity contribution in [2.45, 2.75) is 5.75 Å². The Morgan fingerprint density at radius 1 is 1.22 bits per heavy atom. The summed E-state index contributed by atoms with van der Waals surface area (Å²) >= 11 is 5.81. The number of aromatic hydroxyl groups is 1. The van der Waals surface area contributed by atoms with Crippen molar-refractivity contribution >= 4 is 22.3 Å². The van der Waals surface area contributed by atoms with E-state index < -0.39 is 10.7 Å². The standard InChI is InChI=1S/C12H10ClNO3S/c13-10-5-11(12(15)14-6-10)9-3-1-8(2-4-9)7-18(16)17/h1-6,18H,7H2,(H,14,15). The molecule has 1 N–H and O–H groups in total. The van der Waals surface area contributed by atoms with Gasteiger partial charge in [-0.15, -0.1) is 0 Å². The summed E-state index contributed by atoms with van der Waals surface area (Å²) in [6.45, 7) is 0. The SMILES string of the molecule is O=[SH](=O)Cc1ccc(-c2cc(Cl)cnc2O)cc1. The minimum absolute atomic E-state index is 0.00932. The fourth-order valence-electron chi connectivity index (χ4n) is 1.58. The highest BCUT2D eigenvalue weighted by molar-refractivity contribution is 7.71. The maximum atomic E-state index is 10.6. The van der Waals surface area contributed by atoms with Crippen LogP contribution in [0.1, 0.15) is 5.56 Å². The highest BCUT2D eigenvalue weighted by Gasteiger charge is 2.06. The van der Waals surface area contributed by atoms with E-state index >= 15 is 0 Å². The Morgan fingerprint density at radius 3 is 2.50 bits per heavy atom. The molecule has 1 aromatic heterocycles. The molecule has 0 bridgehead atoms. The van der Waals surface area contributed by atoms with Gasteiger partial charge in [-0.25, -0.2) is 13.4 Å². The van der Waals surface area contributed by atoms with Gasteiger partial charge in [-0.1, -0.05) is 35.9 Å². The van der Waals surface area contributed by atoms with E-state index in [2.05, 4.69) is 4.98 Å². The molecule has 0 unspecified atom stereocenters. The van der Waals surface area contributed by atoms with Crippen LogP contribution in [0.25, 0.3) is 11.1 Å². The maximum Gasteiger partial charge on any atom is 0.218 e. The van der Waals surface area contributed by atoms with Crippen molar-refractivity contribution in [3.63, 3.8) is 0 Å². The summed E-state index contributed by atoms with van der Waals surface area (Å²) in [4.78, 5) is 3.75. The molecule has 0 amide bonds. The molecule has 0 spiro atoms. The van der Waals surface area contributed by atoms with Crippen molar-refractivity contribution in [2.75, 3.05) is 0 Å². The number of benzene rings is 1. The van der Waals surface area contributed by atoms with Crippen molar-refractivity contribution in [1.82, 2.24) is 4.98 Å². The van der Waals surface area contributed by atoms with Gasteiger partial charge in [0, 0.05) is 11.8 Å². The smallest absolute Gasteiger partial charge is 0.218 e. The Bertz CT molecular complexity index is 630. The molecular formula is C12H10ClNO3S. The zero-order chi connectivity index (χ0) is 13.1. The zero-order valence-electron chi connectivity index (χ0n) is 9.21. The lowest BCUT2D eigenvalue weighted by molar-refractivity contribution is 0.455. The minimum Gasteiger partial charge on any atom is -0.493 e. The first-order valence-corrected chi connectivity index (χ1v) is 6.86. The third kappa shape index (κ3) is 3.00. The average Bonchev–Trinajstić information content (AvgIpc) is 2.33. The van der Waals surface area contributed by atoms with Crippen LogP contribution in [0.4, 0.5) is 0 Å². The fraction of sp³-hybridized carbons (Fsp3) is 0.0833. The molecule has 0 atom stereocenters. The Morgan fingerprint density at radius 2 is 1.89 bits per heavy atom. The summed E-state index contributed by atoms with van der Waals surface area (Å²) < 4.78 is 21.2. The van der Waals surface area contributed by atoms with Gasteiger partial charge in [0.2, 0.25) is 5.88 Å². The lowest BCUT2D eigenvalue weighted by Gasteiger charge is -2.05. The first kappa shape index (κ1) is 12.9. The molecule has 2 aromatic rings. The second kappa shape index (κ2) is 5.37. The second-order valence-electron chi connectivity index (χ2n) is 3.71. The summed E-state index contributed by atoms with van der Waals surface area (Å²) in [5, 5.41) is 10.1. The first-order chi connectivity index (χ1) is 8.56. The van der Waals surface area contributed by atoms with Gasteiger partial charge < -0.3 is 5.11 Å². The molecule has 1 aromatic carbocycles. The Balaban J connectivity index is 2.37. The molecule has 0 saturated heterocycles. The summed E-state index contributed by atoms with van der Waals surface area (Å²) in [7, 11) is -2.43. The number of rotatable bonds is 3. The van der Waals surface area contributed by atoms with Crippen LogP contribution in [0.3, 0.4) is 0 Å². The van der Waals surface area contributed by atoms with Crippen LogP contribution in [0, 0.1) is 0 Å². The van der Waals surface area contributed by atoms with Gasteiger partial charge in [-0.05, 0) is 17.2 Å². The van der Waals surface area contributed by atoms with Gasteiger partial charge >= 0.3 is 0 Å². The van der Waals surface area contributed by atoms with Gasteiger partial charge in [0.05, 0.1) is 10.8 Å². The van der Waals surface area contributed by atoms with E-state index in [1.54, 1.807) is 30.3 Å². The molecule has 1 heterocycles. The summed E-state index contributed by atoms with van der Waals surface area (Å²) in [6.07, 6.45) is 1.36. The molecule has 2 rings (SSSR count). The number of thiol groups is 1. The molecule has 0 aliphatic rings. The van der Waals surface area contributed by atoms with Gasteiger partial charge in [-0.2, -0.15) is 0 Å². The Hall–Kier alpha value is -1.59. The van der Waals surface area contributed by atoms with E-state index in [4.69, 9.17) is 11.6 Å². The number of aromatic nitrogens is 1. The van der Waals surface area contributed by atoms with Crippen LogP contribution in [0.5, 0.6) is 5.88 Å². The monoisotopic (exact) mass is 283 g/mol. The van der Waals surface area contributed by atoms with Crippen LogP contribution >= 0.6 is 11.6 Å². The van der Waals surface area contributed by atoms with E-state index in [0.29, 0.717) is 16.1 Å². The van der Waals surface area contributed by atoms with E-state index in [9.17, 15) is 13.5 Å². The first-order valence-electron chi connectivity index (χ1n) is 5.12. The van der Waals surface area contributed by atoms with Gasteiger partial charge in [0.1, 0.15) is 10.7 Å². The Labute approximate surface area is 111 Å². The van der Waals surface area contributed by atoms with E-state index in [-0.39, 0.29) is 11.6 Å². The molecule has 18 heavy (non-hydrogen) atoms. The normalized spacial score (nSPS) is 10.8. The maximum absolute atomic E-state index is 10.6. The molecule has 0 aliphatic heterocycles. The van der Waals surface area contributed by atoms with Crippen LogP contribution in [0.15, 0.2) is 36.5 Å². The van der Waals surface area contributed by atoms with E-state index in [1.807, 2.05) is 0 Å². The van der Waals surface area contributed by atoms with Crippen molar-refractivity contribution in [3.05, 3.63) is 47.1 Å². The lowest BCUT2D eigenvalue weighted by Crippen LogP contribution is -1.87. The van der Waals surface area contributed by atoms with Crippen LogP contribution in [-0.4, -0.2) is 18.5 Å². The minimum atomic E-state index is -2.43. The van der Waals surface area contributed by atoms with Crippen molar-refractivity contribution < 1.29 is 13.5 Å². The number of nitrogens with zero attached hydrogens (tertiary/aromatic N) is 1. The second-order valence-corrected chi connectivity index (χ2v) is 5.13. The summed E-state index contributed by atoms with van der Waals surface area (Å²) in [6, 6.07) is 8.44. The van der Waals surface area contributed by atoms with Crippen molar-refractivity contribution in [2.24, 2.45) is 0 Å². The highest BCUT2D eigenvalue weighted by Crippen LogP contribution is 2.29. The van der Waals surface area contributed by atoms with Gasteiger partial charge in [0.15, 0.2) is 0 Å². The van der Waals surface area contributed by atoms with Gasteiger partial charge in [-0.3, -0.25) is 0 Å². The molecule has 0 radical (unpaired) electrons. The summed E-state index contributed by atoms with van der Waals surface area (Å²) in [5.74, 6) is -0.0999. The molecule has 0 saturated carbocycles. The van der Waals surface area contributed by atoms with Crippen molar-refractivity contribution in [1.29, 1.82) is 0 Å². The number of hydrogen-bond donors (Lipinski definition) is 2. The van der Waals surface area contributed by atoms with E-state index in [0.717, 1.165) is 5.56 Å². The highest BCUT2D eigenvalue weighted by atomic mass is 35.5. The topological polar surface area (TPSA) is 67.3 Å². The van der Waals surface area contributed by atoms with E-state index in [1.165, 1.54) is 6.20 Å². The Kier molecular flexibility index (Phi) is 3.84. The quantitative estimate of drug-likeness (QED) is 0.848. The largest absolute Gasteiger partial charge is 0.493 e. The molecular weight excluding hydrogens is 274 g/mol. The molecule has 4 nitrogen and oxygen atoms in total. The predicted octanol–water partition coefficient (Wildman–Crippen LogP) is 2.22.